The van der Waals surface area contributed by atoms with Gasteiger partial charge in [0, 0.05) is 32.9 Å². The summed E-state index contributed by atoms with van der Waals surface area (Å²) in [6.07, 6.45) is 3.96. The van der Waals surface area contributed by atoms with E-state index in [-0.39, 0.29) is 18.2 Å². The number of nitrogens with zero attached hydrogens (tertiary/aromatic N) is 1. The fourth-order valence-electron chi connectivity index (χ4n) is 2.66. The van der Waals surface area contributed by atoms with Crippen LogP contribution in [0.3, 0.4) is 0 Å². The van der Waals surface area contributed by atoms with Crippen LogP contribution in [0.1, 0.15) is 0 Å². The Bertz CT molecular complexity index is 981. The van der Waals surface area contributed by atoms with Crippen molar-refractivity contribution in [2.45, 2.75) is 0 Å². The van der Waals surface area contributed by atoms with Crippen LogP contribution < -0.4 is 17.0 Å². The molecule has 0 fully saturated rings. The van der Waals surface area contributed by atoms with E-state index in [2.05, 4.69) is 39.1 Å². The minimum atomic E-state index is 0. The molecule has 4 aromatic rings. The number of aromatic nitrogens is 2. The fourth-order valence-corrected chi connectivity index (χ4v) is 3.01. The first-order chi connectivity index (χ1) is 10.2. The number of para-hydroxylation sites is 1. The van der Waals surface area contributed by atoms with E-state index < -0.39 is 0 Å². The lowest BCUT2D eigenvalue weighted by Crippen LogP contribution is -3.00. The van der Waals surface area contributed by atoms with Crippen molar-refractivity contribution in [1.29, 1.82) is 0 Å². The van der Waals surface area contributed by atoms with Gasteiger partial charge in [-0.25, -0.2) is 0 Å². The lowest BCUT2D eigenvalue weighted by molar-refractivity contribution is -0.594. The Morgan fingerprint density at radius 1 is 0.955 bits per heavy atom. The number of rotatable bonds is 1. The smallest absolute Gasteiger partial charge is 0.253 e. The summed E-state index contributed by atoms with van der Waals surface area (Å²) >= 11 is 3.44. The van der Waals surface area contributed by atoms with Gasteiger partial charge in [-0.05, 0) is 18.2 Å². The molecule has 5 heteroatoms. The average Bonchev–Trinajstić information content (AvgIpc) is 2.87. The molecule has 22 heavy (non-hydrogen) atoms. The Morgan fingerprint density at radius 3 is 2.59 bits per heavy atom. The highest BCUT2D eigenvalue weighted by Crippen LogP contribution is 2.25. The van der Waals surface area contributed by atoms with Crippen molar-refractivity contribution in [2.75, 3.05) is 0 Å². The van der Waals surface area contributed by atoms with Crippen LogP contribution in [0.5, 0.6) is 5.75 Å². The number of benzene rings is 2. The van der Waals surface area contributed by atoms with Crippen molar-refractivity contribution >= 4 is 37.7 Å². The maximum Gasteiger partial charge on any atom is 0.253 e. The summed E-state index contributed by atoms with van der Waals surface area (Å²) in [5.74, 6) is 0.249. The molecular formula is C17H12BrClN2O. The maximum absolute atomic E-state index is 10.0. The summed E-state index contributed by atoms with van der Waals surface area (Å²) in [5, 5.41) is 12.4. The van der Waals surface area contributed by atoms with Gasteiger partial charge in [-0.2, -0.15) is 4.57 Å². The van der Waals surface area contributed by atoms with E-state index in [1.807, 2.05) is 41.2 Å². The number of phenolic OH excluding ortho intramolecular Hbond substituents is 1. The standard InChI is InChI=1S/C17H11BrN2O.ClH/c18-11-5-6-17(21)16(9-11)20-8-7-13-12-3-1-2-4-14(12)19-15(13)10-20;/h1-10,21H;1H. The molecule has 0 saturated carbocycles. The Morgan fingerprint density at radius 2 is 1.73 bits per heavy atom. The minimum Gasteiger partial charge on any atom is -1.00 e. The van der Waals surface area contributed by atoms with Crippen molar-refractivity contribution in [3.05, 3.63) is 65.4 Å². The van der Waals surface area contributed by atoms with Crippen molar-refractivity contribution in [1.82, 2.24) is 4.98 Å². The number of pyridine rings is 1. The number of nitrogens with one attached hydrogen (secondary N) is 1. The summed E-state index contributed by atoms with van der Waals surface area (Å²) in [5.41, 5.74) is 2.90. The number of H-pyrrole nitrogens is 1. The summed E-state index contributed by atoms with van der Waals surface area (Å²) < 4.78 is 2.84. The van der Waals surface area contributed by atoms with Gasteiger partial charge in [-0.15, -0.1) is 0 Å². The third-order valence-corrected chi connectivity index (χ3v) is 4.16. The van der Waals surface area contributed by atoms with Crippen LogP contribution in [0.25, 0.3) is 27.5 Å². The third kappa shape index (κ3) is 2.34. The molecule has 0 aliphatic rings. The molecule has 0 bridgehead atoms. The normalized spacial score (nSPS) is 10.8. The van der Waals surface area contributed by atoms with Crippen LogP contribution in [-0.4, -0.2) is 10.1 Å². The molecular weight excluding hydrogens is 364 g/mol. The SMILES string of the molecule is Oc1ccc(Br)cc1-[n+]1ccc2c(c1)[nH]c1ccccc12.[Cl-]. The van der Waals surface area contributed by atoms with Gasteiger partial charge in [0.2, 0.25) is 0 Å². The highest BCUT2D eigenvalue weighted by Gasteiger charge is 2.15. The topological polar surface area (TPSA) is 39.9 Å². The molecule has 0 aliphatic carbocycles. The molecule has 110 valence electrons. The molecule has 0 spiro atoms. The molecule has 2 aromatic heterocycles. The van der Waals surface area contributed by atoms with Crippen LogP contribution in [0.15, 0.2) is 65.4 Å². The van der Waals surface area contributed by atoms with E-state index in [9.17, 15) is 5.11 Å². The van der Waals surface area contributed by atoms with Crippen molar-refractivity contribution < 1.29 is 22.1 Å². The molecule has 0 atom stereocenters. The Kier molecular flexibility index (Phi) is 3.81. The number of aromatic hydroxyl groups is 1. The Balaban J connectivity index is 0.00000144. The zero-order valence-electron chi connectivity index (χ0n) is 11.4. The monoisotopic (exact) mass is 374 g/mol. The first kappa shape index (κ1) is 14.9. The second-order valence-electron chi connectivity index (χ2n) is 4.98. The number of hydrogen-bond acceptors (Lipinski definition) is 1. The predicted octanol–water partition coefficient (Wildman–Crippen LogP) is 1.07. The molecule has 0 unspecified atom stereocenters. The molecule has 4 rings (SSSR count). The molecule has 2 heterocycles. The summed E-state index contributed by atoms with van der Waals surface area (Å²) in [7, 11) is 0. The van der Waals surface area contributed by atoms with Crippen LogP contribution in [0.2, 0.25) is 0 Å². The number of halogens is 2. The van der Waals surface area contributed by atoms with Crippen LogP contribution in [0, 0.1) is 0 Å². The predicted molar refractivity (Wildman–Crippen MR) is 86.7 cm³/mol. The molecule has 0 radical (unpaired) electrons. The van der Waals surface area contributed by atoms with Crippen molar-refractivity contribution in [3.8, 4) is 11.4 Å². The van der Waals surface area contributed by atoms with Crippen LogP contribution >= 0.6 is 15.9 Å². The molecule has 0 aliphatic heterocycles. The molecule has 2 aromatic carbocycles. The fraction of sp³-hybridized carbons (Fsp3) is 0. The van der Waals surface area contributed by atoms with Gasteiger partial charge in [-0.1, -0.05) is 34.1 Å². The number of aromatic amines is 1. The number of fused-ring (bicyclic) bond motifs is 3. The minimum absolute atomic E-state index is 0. The van der Waals surface area contributed by atoms with Gasteiger partial charge in [0.05, 0.1) is 0 Å². The first-order valence-electron chi connectivity index (χ1n) is 6.63. The van der Waals surface area contributed by atoms with Gasteiger partial charge >= 0.3 is 0 Å². The van der Waals surface area contributed by atoms with Gasteiger partial charge in [0.1, 0.15) is 5.52 Å². The lowest BCUT2D eigenvalue weighted by atomic mass is 10.2. The largest absolute Gasteiger partial charge is 1.00 e. The van der Waals surface area contributed by atoms with E-state index in [1.165, 1.54) is 10.8 Å². The zero-order chi connectivity index (χ0) is 14.4. The average molecular weight is 376 g/mol. The Labute approximate surface area is 141 Å². The molecule has 2 N–H and O–H groups in total. The molecule has 0 saturated heterocycles. The number of phenols is 1. The quantitative estimate of drug-likeness (QED) is 0.480. The molecule has 3 nitrogen and oxygen atoms in total. The van der Waals surface area contributed by atoms with Gasteiger partial charge in [0.25, 0.3) is 5.69 Å². The van der Waals surface area contributed by atoms with E-state index in [0.717, 1.165) is 21.2 Å². The second kappa shape index (κ2) is 5.63. The Hall–Kier alpha value is -2.04. The van der Waals surface area contributed by atoms with E-state index >= 15 is 0 Å². The highest BCUT2D eigenvalue weighted by molar-refractivity contribution is 9.10. The third-order valence-electron chi connectivity index (χ3n) is 3.66. The second-order valence-corrected chi connectivity index (χ2v) is 5.90. The highest BCUT2D eigenvalue weighted by atomic mass is 79.9. The first-order valence-corrected chi connectivity index (χ1v) is 7.42. The van der Waals surface area contributed by atoms with Gasteiger partial charge in [0.15, 0.2) is 18.1 Å². The van der Waals surface area contributed by atoms with E-state index in [4.69, 9.17) is 0 Å². The maximum atomic E-state index is 10.0. The summed E-state index contributed by atoms with van der Waals surface area (Å²) in [4.78, 5) is 3.41. The zero-order valence-corrected chi connectivity index (χ0v) is 13.8. The molecule has 0 amide bonds. The van der Waals surface area contributed by atoms with E-state index in [1.54, 1.807) is 6.07 Å². The van der Waals surface area contributed by atoms with E-state index in [0.29, 0.717) is 0 Å². The van der Waals surface area contributed by atoms with Crippen molar-refractivity contribution in [3.63, 3.8) is 0 Å². The number of hydrogen-bond donors (Lipinski definition) is 2. The van der Waals surface area contributed by atoms with Gasteiger partial charge < -0.3 is 22.5 Å². The summed E-state index contributed by atoms with van der Waals surface area (Å²) in [6, 6.07) is 15.7. The van der Waals surface area contributed by atoms with Gasteiger partial charge in [-0.3, -0.25) is 0 Å². The van der Waals surface area contributed by atoms with Crippen LogP contribution in [0.4, 0.5) is 0 Å². The summed E-state index contributed by atoms with van der Waals surface area (Å²) in [6.45, 7) is 0. The van der Waals surface area contributed by atoms with Crippen LogP contribution in [-0.2, 0) is 0 Å². The lowest BCUT2D eigenvalue weighted by Gasteiger charge is -2.00. The van der Waals surface area contributed by atoms with Crippen molar-refractivity contribution in [2.24, 2.45) is 0 Å².